The number of rotatable bonds is 16. The van der Waals surface area contributed by atoms with Crippen molar-refractivity contribution >= 4 is 5.71 Å². The Hall–Kier alpha value is -2.01. The van der Waals surface area contributed by atoms with E-state index >= 15 is 0 Å². The quantitative estimate of drug-likeness (QED) is 0.144. The summed E-state index contributed by atoms with van der Waals surface area (Å²) in [4.78, 5) is 7.10. The number of oxime groups is 1. The van der Waals surface area contributed by atoms with Gasteiger partial charge in [-0.15, -0.1) is 0 Å². The first-order valence-electron chi connectivity index (χ1n) is 11.2. The second-order valence-corrected chi connectivity index (χ2v) is 7.98. The van der Waals surface area contributed by atoms with Gasteiger partial charge in [0.15, 0.2) is 0 Å². The first kappa shape index (κ1) is 26.0. The molecule has 0 bridgehead atoms. The maximum Gasteiger partial charge on any atom is 0.125 e. The summed E-state index contributed by atoms with van der Waals surface area (Å²) < 4.78 is 11.8. The van der Waals surface area contributed by atoms with Crippen LogP contribution in [0.3, 0.4) is 0 Å². The standard InChI is InChI=1S/C25H42N2O3/c1-7-8-16-29-24-18-21(2)25(22(3)19-24)30-17-14-12-10-9-11-13-15-27(5)20-23(4)26-28-6/h7-8,18-19H,9-17,20H2,1-6H3/b8-7+,26-23+. The summed E-state index contributed by atoms with van der Waals surface area (Å²) >= 11 is 0. The molecule has 0 aromatic heterocycles. The van der Waals surface area contributed by atoms with Gasteiger partial charge < -0.3 is 19.2 Å². The van der Waals surface area contributed by atoms with Crippen LogP contribution in [0.25, 0.3) is 0 Å². The summed E-state index contributed by atoms with van der Waals surface area (Å²) in [6.07, 6.45) is 11.4. The maximum absolute atomic E-state index is 6.07. The first-order chi connectivity index (χ1) is 14.5. The fourth-order valence-corrected chi connectivity index (χ4v) is 3.48. The Bertz CT molecular complexity index is 633. The molecule has 0 spiro atoms. The lowest BCUT2D eigenvalue weighted by Gasteiger charge is -2.15. The van der Waals surface area contributed by atoms with Crippen molar-refractivity contribution in [3.63, 3.8) is 0 Å². The summed E-state index contributed by atoms with van der Waals surface area (Å²) in [7, 11) is 3.73. The van der Waals surface area contributed by atoms with Crippen molar-refractivity contribution in [2.75, 3.05) is 40.5 Å². The van der Waals surface area contributed by atoms with Gasteiger partial charge in [-0.1, -0.05) is 43.0 Å². The first-order valence-corrected chi connectivity index (χ1v) is 11.2. The van der Waals surface area contributed by atoms with E-state index in [4.69, 9.17) is 14.3 Å². The summed E-state index contributed by atoms with van der Waals surface area (Å²) in [5.41, 5.74) is 3.29. The zero-order chi connectivity index (χ0) is 22.2. The highest BCUT2D eigenvalue weighted by molar-refractivity contribution is 5.83. The molecule has 0 heterocycles. The van der Waals surface area contributed by atoms with Crippen molar-refractivity contribution < 1.29 is 14.3 Å². The third-order valence-electron chi connectivity index (χ3n) is 4.94. The van der Waals surface area contributed by atoms with Crippen LogP contribution in [0.1, 0.15) is 63.5 Å². The van der Waals surface area contributed by atoms with Crippen LogP contribution >= 0.6 is 0 Å². The molecule has 0 atom stereocenters. The lowest BCUT2D eigenvalue weighted by atomic mass is 10.1. The summed E-state index contributed by atoms with van der Waals surface area (Å²) in [6, 6.07) is 4.12. The molecule has 0 unspecified atom stereocenters. The van der Waals surface area contributed by atoms with Crippen molar-refractivity contribution in [2.45, 2.75) is 66.2 Å². The van der Waals surface area contributed by atoms with Crippen molar-refractivity contribution in [2.24, 2.45) is 5.16 Å². The van der Waals surface area contributed by atoms with E-state index in [1.165, 1.54) is 32.1 Å². The van der Waals surface area contributed by atoms with Gasteiger partial charge in [-0.2, -0.15) is 0 Å². The molecule has 0 aliphatic rings. The zero-order valence-electron chi connectivity index (χ0n) is 20.0. The van der Waals surface area contributed by atoms with Gasteiger partial charge in [-0.25, -0.2) is 0 Å². The Morgan fingerprint density at radius 3 is 2.27 bits per heavy atom. The van der Waals surface area contributed by atoms with Gasteiger partial charge in [-0.05, 0) is 77.4 Å². The van der Waals surface area contributed by atoms with Crippen molar-refractivity contribution in [1.29, 1.82) is 0 Å². The Balaban J connectivity index is 2.15. The number of benzene rings is 1. The number of hydrogen-bond donors (Lipinski definition) is 0. The molecule has 0 aliphatic carbocycles. The number of allylic oxidation sites excluding steroid dienone is 1. The van der Waals surface area contributed by atoms with Crippen molar-refractivity contribution in [1.82, 2.24) is 4.90 Å². The van der Waals surface area contributed by atoms with E-state index in [0.29, 0.717) is 6.61 Å². The second kappa shape index (κ2) is 15.8. The van der Waals surface area contributed by atoms with Gasteiger partial charge in [0.25, 0.3) is 0 Å². The van der Waals surface area contributed by atoms with E-state index in [0.717, 1.165) is 54.5 Å². The maximum atomic E-state index is 6.07. The smallest absolute Gasteiger partial charge is 0.125 e. The van der Waals surface area contributed by atoms with Gasteiger partial charge in [0.05, 0.1) is 12.3 Å². The van der Waals surface area contributed by atoms with Crippen LogP contribution in [0.4, 0.5) is 0 Å². The highest BCUT2D eigenvalue weighted by Gasteiger charge is 2.07. The van der Waals surface area contributed by atoms with Gasteiger partial charge in [0.2, 0.25) is 0 Å². The second-order valence-electron chi connectivity index (χ2n) is 7.98. The summed E-state index contributed by atoms with van der Waals surface area (Å²) in [5, 5.41) is 3.96. The Kier molecular flexibility index (Phi) is 13.7. The lowest BCUT2D eigenvalue weighted by Crippen LogP contribution is -2.25. The fraction of sp³-hybridized carbons (Fsp3) is 0.640. The number of hydrogen-bond acceptors (Lipinski definition) is 5. The molecule has 5 nitrogen and oxygen atoms in total. The topological polar surface area (TPSA) is 43.3 Å². The van der Waals surface area contributed by atoms with Crippen LogP contribution in [0, 0.1) is 13.8 Å². The zero-order valence-corrected chi connectivity index (χ0v) is 20.0. The molecule has 0 radical (unpaired) electrons. The van der Waals surface area contributed by atoms with Crippen molar-refractivity contribution in [3.05, 3.63) is 35.4 Å². The van der Waals surface area contributed by atoms with Gasteiger partial charge in [0, 0.05) is 6.54 Å². The molecule has 0 fully saturated rings. The van der Waals surface area contributed by atoms with Gasteiger partial charge >= 0.3 is 0 Å². The average Bonchev–Trinajstić information content (AvgIpc) is 2.68. The SMILES string of the molecule is C/C=C/COc1cc(C)c(OCCCCCCCCN(C)C/C(C)=N/OC)c(C)c1. The number of nitrogens with zero attached hydrogens (tertiary/aromatic N) is 2. The highest BCUT2D eigenvalue weighted by Crippen LogP contribution is 2.28. The van der Waals surface area contributed by atoms with Gasteiger partial charge in [-0.3, -0.25) is 0 Å². The molecule has 0 saturated carbocycles. The van der Waals surface area contributed by atoms with E-state index in [9.17, 15) is 0 Å². The van der Waals surface area contributed by atoms with E-state index < -0.39 is 0 Å². The van der Waals surface area contributed by atoms with Crippen LogP contribution in [0.15, 0.2) is 29.4 Å². The molecule has 1 aromatic rings. The van der Waals surface area contributed by atoms with E-state index in [2.05, 4.69) is 43.1 Å². The van der Waals surface area contributed by atoms with E-state index in [1.54, 1.807) is 7.11 Å². The van der Waals surface area contributed by atoms with E-state index in [-0.39, 0.29) is 0 Å². The molecule has 170 valence electrons. The Morgan fingerprint density at radius 2 is 1.63 bits per heavy atom. The molecule has 0 N–H and O–H groups in total. The van der Waals surface area contributed by atoms with E-state index in [1.807, 2.05) is 26.0 Å². The summed E-state index contributed by atoms with van der Waals surface area (Å²) in [6.45, 7) is 11.5. The number of aryl methyl sites for hydroxylation is 2. The molecule has 0 saturated heterocycles. The van der Waals surface area contributed by atoms with Crippen LogP contribution in [-0.4, -0.2) is 51.1 Å². The molecule has 1 aromatic carbocycles. The predicted octanol–water partition coefficient (Wildman–Crippen LogP) is 5.93. The molecule has 30 heavy (non-hydrogen) atoms. The minimum atomic E-state index is 0.605. The number of ether oxygens (including phenoxy) is 2. The molecule has 0 aliphatic heterocycles. The summed E-state index contributed by atoms with van der Waals surface area (Å²) in [5.74, 6) is 1.91. The van der Waals surface area contributed by atoms with Crippen LogP contribution < -0.4 is 9.47 Å². The van der Waals surface area contributed by atoms with Crippen molar-refractivity contribution in [3.8, 4) is 11.5 Å². The largest absolute Gasteiger partial charge is 0.493 e. The third kappa shape index (κ3) is 11.2. The van der Waals surface area contributed by atoms with Crippen LogP contribution in [-0.2, 0) is 4.84 Å². The van der Waals surface area contributed by atoms with Crippen LogP contribution in [0.2, 0.25) is 0 Å². The lowest BCUT2D eigenvalue weighted by molar-refractivity contribution is 0.210. The molecular formula is C25H42N2O3. The Morgan fingerprint density at radius 1 is 1.00 bits per heavy atom. The minimum Gasteiger partial charge on any atom is -0.493 e. The fourth-order valence-electron chi connectivity index (χ4n) is 3.48. The molecular weight excluding hydrogens is 376 g/mol. The molecule has 5 heteroatoms. The number of unbranched alkanes of at least 4 members (excludes halogenated alkanes) is 5. The van der Waals surface area contributed by atoms with Crippen LogP contribution in [0.5, 0.6) is 11.5 Å². The minimum absolute atomic E-state index is 0.605. The predicted molar refractivity (Wildman–Crippen MR) is 127 cm³/mol. The average molecular weight is 419 g/mol. The Labute approximate surface area is 184 Å². The molecule has 1 rings (SSSR count). The normalized spacial score (nSPS) is 12.0. The third-order valence-corrected chi connectivity index (χ3v) is 4.94. The monoisotopic (exact) mass is 418 g/mol. The van der Waals surface area contributed by atoms with Gasteiger partial charge in [0.1, 0.15) is 25.2 Å². The highest BCUT2D eigenvalue weighted by atomic mass is 16.6. The molecule has 0 amide bonds.